The van der Waals surface area contributed by atoms with Crippen LogP contribution in [0.2, 0.25) is 0 Å². The molecule has 4 nitrogen and oxygen atoms in total. The van der Waals surface area contributed by atoms with Crippen LogP contribution < -0.4 is 5.32 Å². The lowest BCUT2D eigenvalue weighted by molar-refractivity contribution is -0.193. The van der Waals surface area contributed by atoms with E-state index in [2.05, 4.69) is 38.0 Å². The second kappa shape index (κ2) is 6.53. The number of nitrogens with zero attached hydrogens (tertiary/aromatic N) is 1. The first-order chi connectivity index (χ1) is 9.10. The molecule has 1 heterocycles. The molecule has 2 unspecified atom stereocenters. The molecule has 0 bridgehead atoms. The van der Waals surface area contributed by atoms with Crippen molar-refractivity contribution in [3.8, 4) is 0 Å². The second-order valence-corrected chi connectivity index (χ2v) is 6.29. The Morgan fingerprint density at radius 1 is 1.32 bits per heavy atom. The van der Waals surface area contributed by atoms with Crippen molar-refractivity contribution in [2.24, 2.45) is 5.92 Å². The standard InChI is InChI=1S/C15H30N2O2/c1-5-17(11-12(2)3)14-10-15(18-8-9-19-15)7-6-13(14)16-4/h12-14,16H,5-11H2,1-4H3. The van der Waals surface area contributed by atoms with Crippen LogP contribution in [0.3, 0.4) is 0 Å². The molecule has 2 fully saturated rings. The molecule has 1 saturated carbocycles. The highest BCUT2D eigenvalue weighted by Gasteiger charge is 2.46. The monoisotopic (exact) mass is 270 g/mol. The van der Waals surface area contributed by atoms with Crippen molar-refractivity contribution in [2.45, 2.75) is 57.9 Å². The fraction of sp³-hybridized carbons (Fsp3) is 1.00. The first kappa shape index (κ1) is 15.2. The number of likely N-dealkylation sites (N-methyl/N-ethyl adjacent to an activating group) is 2. The SMILES string of the molecule is CCN(CC(C)C)C1CC2(CCC1NC)OCCO2. The molecule has 19 heavy (non-hydrogen) atoms. The van der Waals surface area contributed by atoms with Crippen molar-refractivity contribution in [3.63, 3.8) is 0 Å². The van der Waals surface area contributed by atoms with Gasteiger partial charge >= 0.3 is 0 Å². The van der Waals surface area contributed by atoms with Crippen LogP contribution in [0.4, 0.5) is 0 Å². The number of ether oxygens (including phenoxy) is 2. The molecule has 2 rings (SSSR count). The Morgan fingerprint density at radius 3 is 2.53 bits per heavy atom. The normalized spacial score (nSPS) is 30.6. The molecule has 0 radical (unpaired) electrons. The van der Waals surface area contributed by atoms with E-state index in [-0.39, 0.29) is 5.79 Å². The molecule has 2 aliphatic rings. The fourth-order valence-electron chi connectivity index (χ4n) is 3.58. The Kier molecular flexibility index (Phi) is 5.23. The predicted octanol–water partition coefficient (Wildman–Crippen LogP) is 1.85. The maximum atomic E-state index is 5.93. The first-order valence-corrected chi connectivity index (χ1v) is 7.79. The molecule has 2 atom stereocenters. The summed E-state index contributed by atoms with van der Waals surface area (Å²) in [6, 6.07) is 1.07. The van der Waals surface area contributed by atoms with Gasteiger partial charge in [-0.3, -0.25) is 4.90 Å². The van der Waals surface area contributed by atoms with Crippen molar-refractivity contribution in [1.29, 1.82) is 0 Å². The maximum Gasteiger partial charge on any atom is 0.170 e. The number of hydrogen-bond acceptors (Lipinski definition) is 4. The van der Waals surface area contributed by atoms with E-state index >= 15 is 0 Å². The quantitative estimate of drug-likeness (QED) is 0.826. The minimum absolute atomic E-state index is 0.289. The Hall–Kier alpha value is -0.160. The summed E-state index contributed by atoms with van der Waals surface area (Å²) in [5.41, 5.74) is 0. The smallest absolute Gasteiger partial charge is 0.170 e. The summed E-state index contributed by atoms with van der Waals surface area (Å²) in [5, 5.41) is 3.50. The van der Waals surface area contributed by atoms with Gasteiger partial charge in [-0.05, 0) is 25.9 Å². The van der Waals surface area contributed by atoms with E-state index in [1.54, 1.807) is 0 Å². The lowest BCUT2D eigenvalue weighted by atomic mass is 9.84. The van der Waals surface area contributed by atoms with Gasteiger partial charge < -0.3 is 14.8 Å². The first-order valence-electron chi connectivity index (χ1n) is 7.79. The predicted molar refractivity (Wildman–Crippen MR) is 77.2 cm³/mol. The molecule has 1 aliphatic carbocycles. The van der Waals surface area contributed by atoms with Crippen LogP contribution in [0, 0.1) is 5.92 Å². The zero-order valence-electron chi connectivity index (χ0n) is 12.9. The molecule has 0 amide bonds. The summed E-state index contributed by atoms with van der Waals surface area (Å²) >= 11 is 0. The molecule has 1 saturated heterocycles. The van der Waals surface area contributed by atoms with Crippen molar-refractivity contribution in [2.75, 3.05) is 33.4 Å². The van der Waals surface area contributed by atoms with Gasteiger partial charge in [0.25, 0.3) is 0 Å². The summed E-state index contributed by atoms with van der Waals surface area (Å²) in [4.78, 5) is 2.60. The van der Waals surface area contributed by atoms with Crippen LogP contribution in [0.25, 0.3) is 0 Å². The Labute approximate surface area is 117 Å². The van der Waals surface area contributed by atoms with Gasteiger partial charge in [-0.15, -0.1) is 0 Å². The summed E-state index contributed by atoms with van der Waals surface area (Å²) in [6.45, 7) is 10.6. The van der Waals surface area contributed by atoms with Crippen LogP contribution >= 0.6 is 0 Å². The third kappa shape index (κ3) is 3.48. The highest BCUT2D eigenvalue weighted by atomic mass is 16.7. The molecule has 0 aromatic heterocycles. The van der Waals surface area contributed by atoms with E-state index in [0.717, 1.165) is 45.6 Å². The number of nitrogens with one attached hydrogen (secondary N) is 1. The second-order valence-electron chi connectivity index (χ2n) is 6.29. The van der Waals surface area contributed by atoms with Crippen molar-refractivity contribution >= 4 is 0 Å². The Morgan fingerprint density at radius 2 is 2.00 bits per heavy atom. The van der Waals surface area contributed by atoms with Crippen LogP contribution in [-0.2, 0) is 9.47 Å². The number of rotatable bonds is 5. The van der Waals surface area contributed by atoms with E-state index in [1.165, 1.54) is 0 Å². The molecule has 0 aromatic rings. The summed E-state index contributed by atoms with van der Waals surface area (Å²) < 4.78 is 11.9. The molecular weight excluding hydrogens is 240 g/mol. The van der Waals surface area contributed by atoms with Gasteiger partial charge in [0, 0.05) is 31.5 Å². The van der Waals surface area contributed by atoms with Crippen molar-refractivity contribution in [3.05, 3.63) is 0 Å². The highest BCUT2D eigenvalue weighted by molar-refractivity contribution is 4.96. The van der Waals surface area contributed by atoms with E-state index in [0.29, 0.717) is 18.0 Å². The van der Waals surface area contributed by atoms with Gasteiger partial charge in [-0.2, -0.15) is 0 Å². The van der Waals surface area contributed by atoms with Gasteiger partial charge in [0.2, 0.25) is 0 Å². The summed E-state index contributed by atoms with van der Waals surface area (Å²) in [7, 11) is 2.08. The molecular formula is C15H30N2O2. The average Bonchev–Trinajstić information content (AvgIpc) is 2.84. The molecule has 4 heteroatoms. The van der Waals surface area contributed by atoms with E-state index in [1.807, 2.05) is 0 Å². The third-order valence-corrected chi connectivity index (χ3v) is 4.48. The van der Waals surface area contributed by atoms with Crippen LogP contribution in [0.1, 0.15) is 40.0 Å². The summed E-state index contributed by atoms with van der Waals surface area (Å²) in [6.07, 6.45) is 3.16. The van der Waals surface area contributed by atoms with Crippen LogP contribution in [-0.4, -0.2) is 56.1 Å². The van der Waals surface area contributed by atoms with Crippen molar-refractivity contribution < 1.29 is 9.47 Å². The maximum absolute atomic E-state index is 5.93. The lowest BCUT2D eigenvalue weighted by Crippen LogP contribution is -2.57. The van der Waals surface area contributed by atoms with Gasteiger partial charge in [0.1, 0.15) is 0 Å². The molecule has 0 aromatic carbocycles. The third-order valence-electron chi connectivity index (χ3n) is 4.48. The van der Waals surface area contributed by atoms with Crippen molar-refractivity contribution in [1.82, 2.24) is 10.2 Å². The lowest BCUT2D eigenvalue weighted by Gasteiger charge is -2.46. The van der Waals surface area contributed by atoms with Gasteiger partial charge in [-0.25, -0.2) is 0 Å². The van der Waals surface area contributed by atoms with Gasteiger partial charge in [-0.1, -0.05) is 20.8 Å². The molecule has 1 aliphatic heterocycles. The zero-order chi connectivity index (χ0) is 13.9. The fourth-order valence-corrected chi connectivity index (χ4v) is 3.58. The Balaban J connectivity index is 2.07. The van der Waals surface area contributed by atoms with Crippen LogP contribution in [0.15, 0.2) is 0 Å². The highest BCUT2D eigenvalue weighted by Crippen LogP contribution is 2.37. The average molecular weight is 270 g/mol. The van der Waals surface area contributed by atoms with Gasteiger partial charge in [0.15, 0.2) is 5.79 Å². The zero-order valence-corrected chi connectivity index (χ0v) is 12.9. The molecule has 112 valence electrons. The number of hydrogen-bond donors (Lipinski definition) is 1. The molecule has 1 spiro atoms. The van der Waals surface area contributed by atoms with Crippen LogP contribution in [0.5, 0.6) is 0 Å². The summed E-state index contributed by atoms with van der Waals surface area (Å²) in [5.74, 6) is 0.406. The Bertz CT molecular complexity index is 277. The van der Waals surface area contributed by atoms with E-state index in [4.69, 9.17) is 9.47 Å². The largest absolute Gasteiger partial charge is 0.347 e. The minimum Gasteiger partial charge on any atom is -0.347 e. The molecule has 1 N–H and O–H groups in total. The van der Waals surface area contributed by atoms with E-state index in [9.17, 15) is 0 Å². The minimum atomic E-state index is -0.289. The topological polar surface area (TPSA) is 33.7 Å². The van der Waals surface area contributed by atoms with E-state index < -0.39 is 0 Å². The van der Waals surface area contributed by atoms with Gasteiger partial charge in [0.05, 0.1) is 13.2 Å².